The van der Waals surface area contributed by atoms with Crippen molar-refractivity contribution in [2.24, 2.45) is 7.05 Å². The number of hydrogen-bond acceptors (Lipinski definition) is 1. The van der Waals surface area contributed by atoms with Crippen LogP contribution in [0.5, 0.6) is 0 Å². The Morgan fingerprint density at radius 1 is 1.89 bits per heavy atom. The molecule has 1 heterocycles. The van der Waals surface area contributed by atoms with E-state index in [1.807, 2.05) is 0 Å². The lowest BCUT2D eigenvalue weighted by Crippen LogP contribution is -1.86. The van der Waals surface area contributed by atoms with Crippen LogP contribution in [-0.2, 0) is 7.05 Å². The Labute approximate surface area is 52.3 Å². The van der Waals surface area contributed by atoms with Gasteiger partial charge < -0.3 is 0 Å². The van der Waals surface area contributed by atoms with Crippen LogP contribution in [0.2, 0.25) is 0 Å². The fraction of sp³-hybridized carbons (Fsp3) is 0.167. The summed E-state index contributed by atoms with van der Waals surface area (Å²) in [5, 5.41) is 3.39. The maximum absolute atomic E-state index is 12.3. The molecule has 0 saturated carbocycles. The second-order valence-corrected chi connectivity index (χ2v) is 1.65. The molecule has 0 bridgehead atoms. The first-order valence-corrected chi connectivity index (χ1v) is 2.40. The molecular weight excluding hydrogens is 119 g/mol. The first kappa shape index (κ1) is 5.83. The van der Waals surface area contributed by atoms with E-state index in [0.29, 0.717) is 0 Å². The molecule has 9 heavy (non-hydrogen) atoms. The lowest BCUT2D eigenvalue weighted by Gasteiger charge is -1.77. The summed E-state index contributed by atoms with van der Waals surface area (Å²) in [4.78, 5) is 0. The lowest BCUT2D eigenvalue weighted by atomic mass is 10.4. The van der Waals surface area contributed by atoms with E-state index in [9.17, 15) is 4.39 Å². The van der Waals surface area contributed by atoms with Gasteiger partial charge in [0, 0.05) is 13.2 Å². The first-order valence-electron chi connectivity index (χ1n) is 2.40. The van der Waals surface area contributed by atoms with Gasteiger partial charge in [-0.3, -0.25) is 4.68 Å². The first-order chi connectivity index (χ1) is 4.24. The molecule has 2 nitrogen and oxygen atoms in total. The van der Waals surface area contributed by atoms with Gasteiger partial charge in [0.25, 0.3) is 0 Å². The predicted molar refractivity (Wildman–Crippen MR) is 31.1 cm³/mol. The Kier molecular flexibility index (Phi) is 1.23. The van der Waals surface area contributed by atoms with Crippen LogP contribution in [0, 0.1) is 18.3 Å². The number of terminal acetylenes is 1. The molecule has 0 saturated heterocycles. The summed E-state index contributed by atoms with van der Waals surface area (Å²) in [7, 11) is 1.62. The SMILES string of the molecule is C#Cc1cn(C)nc1F. The van der Waals surface area contributed by atoms with Crippen LogP contribution in [0.25, 0.3) is 0 Å². The lowest BCUT2D eigenvalue weighted by molar-refractivity contribution is 0.551. The third-order valence-corrected chi connectivity index (χ3v) is 0.939. The summed E-state index contributed by atoms with van der Waals surface area (Å²) in [6.45, 7) is 0. The van der Waals surface area contributed by atoms with Crippen molar-refractivity contribution in [2.45, 2.75) is 0 Å². The molecular formula is C6H5FN2. The Hall–Kier alpha value is -1.30. The molecule has 0 radical (unpaired) electrons. The van der Waals surface area contributed by atoms with Gasteiger partial charge in [0.1, 0.15) is 0 Å². The fourth-order valence-electron chi connectivity index (χ4n) is 0.558. The van der Waals surface area contributed by atoms with E-state index in [0.717, 1.165) is 0 Å². The maximum atomic E-state index is 12.3. The summed E-state index contributed by atoms with van der Waals surface area (Å²) in [5.41, 5.74) is 0.206. The van der Waals surface area contributed by atoms with Crippen molar-refractivity contribution >= 4 is 0 Å². The Morgan fingerprint density at radius 2 is 2.56 bits per heavy atom. The molecule has 1 rings (SSSR count). The number of halogens is 1. The molecule has 0 aliphatic heterocycles. The molecule has 0 aliphatic rings. The molecule has 0 atom stereocenters. The van der Waals surface area contributed by atoms with Crippen molar-refractivity contribution in [2.75, 3.05) is 0 Å². The van der Waals surface area contributed by atoms with Crippen LogP contribution in [0.15, 0.2) is 6.20 Å². The van der Waals surface area contributed by atoms with Gasteiger partial charge in [-0.2, -0.15) is 4.39 Å². The molecule has 0 N–H and O–H groups in total. The average Bonchev–Trinajstić information content (AvgIpc) is 2.10. The smallest absolute Gasteiger partial charge is 0.248 e. The highest BCUT2D eigenvalue weighted by Gasteiger charge is 2.00. The summed E-state index contributed by atoms with van der Waals surface area (Å²) in [6.07, 6.45) is 6.37. The highest BCUT2D eigenvalue weighted by molar-refractivity contribution is 5.27. The molecule has 0 spiro atoms. The van der Waals surface area contributed by atoms with Crippen molar-refractivity contribution in [1.82, 2.24) is 9.78 Å². The zero-order valence-corrected chi connectivity index (χ0v) is 4.93. The molecule has 0 aromatic carbocycles. The summed E-state index contributed by atoms with van der Waals surface area (Å²) in [6, 6.07) is 0. The summed E-state index contributed by atoms with van der Waals surface area (Å²) >= 11 is 0. The van der Waals surface area contributed by atoms with Crippen LogP contribution in [-0.4, -0.2) is 9.78 Å². The quantitative estimate of drug-likeness (QED) is 0.461. The second kappa shape index (κ2) is 1.90. The molecule has 0 fully saturated rings. The third-order valence-electron chi connectivity index (χ3n) is 0.939. The van der Waals surface area contributed by atoms with Gasteiger partial charge in [0.05, 0.1) is 5.56 Å². The van der Waals surface area contributed by atoms with Gasteiger partial charge in [-0.15, -0.1) is 11.5 Å². The number of rotatable bonds is 0. The maximum Gasteiger partial charge on any atom is 0.248 e. The number of hydrogen-bond donors (Lipinski definition) is 0. The standard InChI is InChI=1S/C6H5FN2/c1-3-5-4-9(2)8-6(5)7/h1,4H,2H3. The minimum Gasteiger partial charge on any atom is -0.272 e. The number of nitrogens with zero attached hydrogens (tertiary/aromatic N) is 2. The number of aryl methyl sites for hydroxylation is 1. The van der Waals surface area contributed by atoms with Gasteiger partial charge in [-0.05, 0) is 0 Å². The van der Waals surface area contributed by atoms with E-state index in [2.05, 4.69) is 11.0 Å². The molecule has 3 heteroatoms. The highest BCUT2D eigenvalue weighted by atomic mass is 19.1. The minimum absolute atomic E-state index is 0.206. The van der Waals surface area contributed by atoms with Crippen molar-refractivity contribution < 1.29 is 4.39 Å². The van der Waals surface area contributed by atoms with Gasteiger partial charge in [-0.25, -0.2) is 0 Å². The van der Waals surface area contributed by atoms with Gasteiger partial charge in [-0.1, -0.05) is 5.92 Å². The molecule has 1 aromatic heterocycles. The van der Waals surface area contributed by atoms with Crippen LogP contribution in [0.1, 0.15) is 5.56 Å². The third kappa shape index (κ3) is 0.918. The molecule has 46 valence electrons. The van der Waals surface area contributed by atoms with E-state index in [4.69, 9.17) is 6.42 Å². The summed E-state index contributed by atoms with van der Waals surface area (Å²) < 4.78 is 13.7. The largest absolute Gasteiger partial charge is 0.272 e. The monoisotopic (exact) mass is 124 g/mol. The Bertz CT molecular complexity index is 257. The number of aromatic nitrogens is 2. The predicted octanol–water partition coefficient (Wildman–Crippen LogP) is 0.540. The van der Waals surface area contributed by atoms with Gasteiger partial charge in [0.2, 0.25) is 5.95 Å². The zero-order chi connectivity index (χ0) is 6.85. The Morgan fingerprint density at radius 3 is 2.78 bits per heavy atom. The van der Waals surface area contributed by atoms with Crippen LogP contribution >= 0.6 is 0 Å². The van der Waals surface area contributed by atoms with Crippen LogP contribution in [0.3, 0.4) is 0 Å². The van der Waals surface area contributed by atoms with E-state index in [-0.39, 0.29) is 5.56 Å². The van der Waals surface area contributed by atoms with Crippen molar-refractivity contribution in [3.05, 3.63) is 17.7 Å². The van der Waals surface area contributed by atoms with Gasteiger partial charge in [0.15, 0.2) is 0 Å². The molecule has 0 aliphatic carbocycles. The van der Waals surface area contributed by atoms with Crippen LogP contribution < -0.4 is 0 Å². The molecule has 1 aromatic rings. The van der Waals surface area contributed by atoms with Gasteiger partial charge >= 0.3 is 0 Å². The van der Waals surface area contributed by atoms with E-state index in [1.54, 1.807) is 7.05 Å². The fourth-order valence-corrected chi connectivity index (χ4v) is 0.558. The highest BCUT2D eigenvalue weighted by Crippen LogP contribution is 1.99. The summed E-state index contributed by atoms with van der Waals surface area (Å²) in [5.74, 6) is 1.57. The van der Waals surface area contributed by atoms with E-state index in [1.165, 1.54) is 10.9 Å². The average molecular weight is 124 g/mol. The molecule has 0 unspecified atom stereocenters. The van der Waals surface area contributed by atoms with Crippen LogP contribution in [0.4, 0.5) is 4.39 Å². The zero-order valence-electron chi connectivity index (χ0n) is 4.93. The van der Waals surface area contributed by atoms with Crippen molar-refractivity contribution in [3.8, 4) is 12.3 Å². The normalized spacial score (nSPS) is 9.00. The van der Waals surface area contributed by atoms with Crippen molar-refractivity contribution in [3.63, 3.8) is 0 Å². The second-order valence-electron chi connectivity index (χ2n) is 1.65. The topological polar surface area (TPSA) is 17.8 Å². The minimum atomic E-state index is -0.583. The Balaban J connectivity index is 3.20. The molecule has 0 amide bonds. The van der Waals surface area contributed by atoms with E-state index >= 15 is 0 Å². The van der Waals surface area contributed by atoms with Crippen molar-refractivity contribution in [1.29, 1.82) is 0 Å². The van der Waals surface area contributed by atoms with E-state index < -0.39 is 5.95 Å².